The van der Waals surface area contributed by atoms with Crippen LogP contribution < -0.4 is 4.72 Å². The highest BCUT2D eigenvalue weighted by Crippen LogP contribution is 2.33. The first-order chi connectivity index (χ1) is 8.99. The summed E-state index contributed by atoms with van der Waals surface area (Å²) in [5.41, 5.74) is -1.46. The summed E-state index contributed by atoms with van der Waals surface area (Å²) >= 11 is 0. The number of alkyl halides is 5. The Kier molecular flexibility index (Phi) is 4.72. The van der Waals surface area contributed by atoms with Crippen molar-refractivity contribution in [3.63, 3.8) is 0 Å². The summed E-state index contributed by atoms with van der Waals surface area (Å²) < 4.78 is 88.0. The molecule has 1 aromatic rings. The highest BCUT2D eigenvalue weighted by Gasteiger charge is 2.38. The summed E-state index contributed by atoms with van der Waals surface area (Å²) in [7, 11) is -4.78. The van der Waals surface area contributed by atoms with Gasteiger partial charge < -0.3 is 5.11 Å². The maximum atomic E-state index is 12.7. The second-order valence-corrected chi connectivity index (χ2v) is 5.57. The number of hydrogen-bond donors (Lipinski definition) is 2. The van der Waals surface area contributed by atoms with Crippen molar-refractivity contribution in [2.45, 2.75) is 17.0 Å². The van der Waals surface area contributed by atoms with Crippen molar-refractivity contribution in [2.24, 2.45) is 0 Å². The van der Waals surface area contributed by atoms with Crippen molar-refractivity contribution in [3.05, 3.63) is 29.8 Å². The molecule has 0 aliphatic rings. The number of aliphatic hydroxyl groups is 1. The van der Waals surface area contributed by atoms with Gasteiger partial charge >= 0.3 is 6.18 Å². The van der Waals surface area contributed by atoms with Crippen LogP contribution in [0, 0.1) is 0 Å². The first kappa shape index (κ1) is 16.8. The van der Waals surface area contributed by atoms with E-state index >= 15 is 0 Å². The normalized spacial score (nSPS) is 13.5. The first-order valence-electron chi connectivity index (χ1n) is 5.14. The highest BCUT2D eigenvalue weighted by atomic mass is 32.2. The van der Waals surface area contributed by atoms with Gasteiger partial charge in [-0.1, -0.05) is 12.1 Å². The molecule has 0 saturated carbocycles. The van der Waals surface area contributed by atoms with Crippen LogP contribution in [0.5, 0.6) is 0 Å². The fourth-order valence-electron chi connectivity index (χ4n) is 1.27. The molecule has 1 aromatic carbocycles. The largest absolute Gasteiger partial charge is 0.417 e. The topological polar surface area (TPSA) is 66.4 Å². The fraction of sp³-hybridized carbons (Fsp3) is 0.400. The molecule has 0 aliphatic heterocycles. The summed E-state index contributed by atoms with van der Waals surface area (Å²) in [6, 6.07) is 3.19. The minimum atomic E-state index is -4.94. The van der Waals surface area contributed by atoms with E-state index < -0.39 is 45.7 Å². The molecule has 0 atom stereocenters. The Hall–Kier alpha value is -1.26. The molecule has 4 nitrogen and oxygen atoms in total. The van der Waals surface area contributed by atoms with E-state index in [2.05, 4.69) is 0 Å². The van der Waals surface area contributed by atoms with E-state index in [1.54, 1.807) is 0 Å². The zero-order valence-electron chi connectivity index (χ0n) is 9.79. The molecule has 0 spiro atoms. The molecule has 20 heavy (non-hydrogen) atoms. The van der Waals surface area contributed by atoms with Gasteiger partial charge in [0.2, 0.25) is 10.0 Å². The van der Waals surface area contributed by atoms with Crippen LogP contribution in [0.2, 0.25) is 0 Å². The van der Waals surface area contributed by atoms with Crippen molar-refractivity contribution in [1.29, 1.82) is 0 Å². The van der Waals surface area contributed by atoms with Gasteiger partial charge in [-0.15, -0.1) is 0 Å². The molecule has 0 radical (unpaired) electrons. The first-order valence-corrected chi connectivity index (χ1v) is 6.62. The van der Waals surface area contributed by atoms with Crippen molar-refractivity contribution in [3.8, 4) is 0 Å². The van der Waals surface area contributed by atoms with Gasteiger partial charge in [-0.05, 0) is 12.1 Å². The number of nitrogens with one attached hydrogen (secondary N) is 1. The van der Waals surface area contributed by atoms with E-state index in [0.717, 1.165) is 12.1 Å². The van der Waals surface area contributed by atoms with Crippen LogP contribution in [0.3, 0.4) is 0 Å². The lowest BCUT2D eigenvalue weighted by molar-refractivity contribution is -0.139. The third-order valence-electron chi connectivity index (χ3n) is 2.23. The molecule has 0 bridgehead atoms. The van der Waals surface area contributed by atoms with Gasteiger partial charge in [0.25, 0.3) is 5.92 Å². The molecule has 1 rings (SSSR count). The van der Waals surface area contributed by atoms with Crippen LogP contribution in [-0.2, 0) is 16.2 Å². The number of hydrogen-bond acceptors (Lipinski definition) is 3. The molecule has 0 heterocycles. The van der Waals surface area contributed by atoms with E-state index in [1.165, 1.54) is 4.72 Å². The third-order valence-corrected chi connectivity index (χ3v) is 3.69. The number of aliphatic hydroxyl groups excluding tert-OH is 1. The van der Waals surface area contributed by atoms with Gasteiger partial charge in [-0.25, -0.2) is 21.9 Å². The molecule has 10 heteroatoms. The Balaban J connectivity index is 3.12. The van der Waals surface area contributed by atoms with Gasteiger partial charge in [0, 0.05) is 0 Å². The predicted octanol–water partition coefficient (Wildman–Crippen LogP) is 1.61. The molecule has 0 unspecified atom stereocenters. The van der Waals surface area contributed by atoms with E-state index in [9.17, 15) is 30.4 Å². The summed E-state index contributed by atoms with van der Waals surface area (Å²) in [5.74, 6) is -3.76. The van der Waals surface area contributed by atoms with E-state index in [4.69, 9.17) is 5.11 Å². The van der Waals surface area contributed by atoms with Crippen molar-refractivity contribution < 1.29 is 35.5 Å². The lowest BCUT2D eigenvalue weighted by Crippen LogP contribution is -2.39. The van der Waals surface area contributed by atoms with Crippen LogP contribution >= 0.6 is 0 Å². The van der Waals surface area contributed by atoms with E-state index in [1.807, 2.05) is 0 Å². The summed E-state index contributed by atoms with van der Waals surface area (Å²) in [6.45, 7) is -3.13. The average molecular weight is 319 g/mol. The Morgan fingerprint density at radius 2 is 1.65 bits per heavy atom. The standard InChI is InChI=1S/C10H10F5NO3S/c11-9(12,6-17)5-16-20(18,19)8-4-2-1-3-7(8)10(13,14)15/h1-4,16-17H,5-6H2. The van der Waals surface area contributed by atoms with Crippen LogP contribution in [0.15, 0.2) is 29.2 Å². The van der Waals surface area contributed by atoms with Crippen molar-refractivity contribution >= 4 is 10.0 Å². The van der Waals surface area contributed by atoms with Crippen LogP contribution in [0.1, 0.15) is 5.56 Å². The minimum Gasteiger partial charge on any atom is -0.390 e. The predicted molar refractivity (Wildman–Crippen MR) is 58.7 cm³/mol. The maximum absolute atomic E-state index is 12.7. The van der Waals surface area contributed by atoms with Gasteiger partial charge in [-0.2, -0.15) is 13.2 Å². The van der Waals surface area contributed by atoms with Crippen molar-refractivity contribution in [1.82, 2.24) is 4.72 Å². The number of sulfonamides is 1. The van der Waals surface area contributed by atoms with Crippen LogP contribution in [0.25, 0.3) is 0 Å². The third kappa shape index (κ3) is 4.12. The Morgan fingerprint density at radius 1 is 1.10 bits per heavy atom. The quantitative estimate of drug-likeness (QED) is 0.811. The van der Waals surface area contributed by atoms with Crippen LogP contribution in [0.4, 0.5) is 22.0 Å². The van der Waals surface area contributed by atoms with Gasteiger partial charge in [0.1, 0.15) is 6.61 Å². The lowest BCUT2D eigenvalue weighted by Gasteiger charge is -2.16. The summed E-state index contributed by atoms with van der Waals surface area (Å²) in [4.78, 5) is -1.15. The Labute approximate surface area is 111 Å². The molecule has 2 N–H and O–H groups in total. The van der Waals surface area contributed by atoms with Gasteiger partial charge in [0.15, 0.2) is 0 Å². The number of benzene rings is 1. The molecular weight excluding hydrogens is 309 g/mol. The average Bonchev–Trinajstić information content (AvgIpc) is 2.36. The fourth-order valence-corrected chi connectivity index (χ4v) is 2.56. The number of rotatable bonds is 5. The Bertz CT molecular complexity index is 571. The second kappa shape index (κ2) is 5.62. The number of halogens is 5. The zero-order valence-corrected chi connectivity index (χ0v) is 10.6. The lowest BCUT2D eigenvalue weighted by atomic mass is 10.2. The summed E-state index contributed by atoms with van der Waals surface area (Å²) in [6.07, 6.45) is -4.94. The molecule has 0 amide bonds. The second-order valence-electron chi connectivity index (χ2n) is 3.83. The zero-order chi connectivity index (χ0) is 15.6. The monoisotopic (exact) mass is 319 g/mol. The van der Waals surface area contributed by atoms with Gasteiger partial charge in [0.05, 0.1) is 17.0 Å². The highest BCUT2D eigenvalue weighted by molar-refractivity contribution is 7.89. The molecule has 0 aromatic heterocycles. The molecule has 0 aliphatic carbocycles. The molecular formula is C10H10F5NO3S. The van der Waals surface area contributed by atoms with E-state index in [0.29, 0.717) is 12.1 Å². The van der Waals surface area contributed by atoms with Gasteiger partial charge in [-0.3, -0.25) is 0 Å². The molecule has 0 saturated heterocycles. The molecule has 0 fully saturated rings. The van der Waals surface area contributed by atoms with Crippen LogP contribution in [-0.4, -0.2) is 32.6 Å². The Morgan fingerprint density at radius 3 is 2.15 bits per heavy atom. The smallest absolute Gasteiger partial charge is 0.390 e. The van der Waals surface area contributed by atoms with E-state index in [-0.39, 0.29) is 0 Å². The minimum absolute atomic E-state index is 0.527. The molecule has 114 valence electrons. The van der Waals surface area contributed by atoms with Crippen molar-refractivity contribution in [2.75, 3.05) is 13.2 Å². The maximum Gasteiger partial charge on any atom is 0.417 e. The summed E-state index contributed by atoms with van der Waals surface area (Å²) in [5, 5.41) is 8.28. The SMILES string of the molecule is O=S(=O)(NCC(F)(F)CO)c1ccccc1C(F)(F)F.